The summed E-state index contributed by atoms with van der Waals surface area (Å²) in [5, 5.41) is 20.2. The first-order chi connectivity index (χ1) is 10.6. The zero-order chi connectivity index (χ0) is 15.5. The van der Waals surface area contributed by atoms with Gasteiger partial charge >= 0.3 is 5.97 Å². The minimum atomic E-state index is -0.538. The van der Waals surface area contributed by atoms with Gasteiger partial charge in [0.15, 0.2) is 0 Å². The number of esters is 1. The van der Waals surface area contributed by atoms with E-state index in [1.165, 1.54) is 5.56 Å². The molecule has 0 spiro atoms. The number of ether oxygens (including phenoxy) is 1. The Labute approximate surface area is 130 Å². The summed E-state index contributed by atoms with van der Waals surface area (Å²) in [4.78, 5) is 11.3. The van der Waals surface area contributed by atoms with Gasteiger partial charge in [-0.15, -0.1) is 0 Å². The van der Waals surface area contributed by atoms with Gasteiger partial charge in [-0.1, -0.05) is 42.5 Å². The van der Waals surface area contributed by atoms with E-state index in [1.54, 1.807) is 6.08 Å². The Hall–Kier alpha value is -1.65. The van der Waals surface area contributed by atoms with E-state index in [9.17, 15) is 15.0 Å². The maximum absolute atomic E-state index is 11.3. The van der Waals surface area contributed by atoms with Gasteiger partial charge in [-0.2, -0.15) is 0 Å². The van der Waals surface area contributed by atoms with Gasteiger partial charge in [0, 0.05) is 18.3 Å². The van der Waals surface area contributed by atoms with Gasteiger partial charge in [0.1, 0.15) is 6.10 Å². The molecule has 1 aromatic carbocycles. The van der Waals surface area contributed by atoms with Crippen molar-refractivity contribution in [2.45, 2.75) is 44.0 Å². The predicted octanol–water partition coefficient (Wildman–Crippen LogP) is 1.85. The molecule has 118 valence electrons. The summed E-state index contributed by atoms with van der Waals surface area (Å²) in [5.74, 6) is -0.215. The van der Waals surface area contributed by atoms with Crippen molar-refractivity contribution in [1.29, 1.82) is 0 Å². The molecule has 22 heavy (non-hydrogen) atoms. The Morgan fingerprint density at radius 2 is 2.09 bits per heavy atom. The minimum absolute atomic E-state index is 0.0556. The second-order valence-electron chi connectivity index (χ2n) is 6.25. The molecule has 2 N–H and O–H groups in total. The molecule has 0 radical (unpaired) electrons. The highest BCUT2D eigenvalue weighted by molar-refractivity contribution is 5.72. The summed E-state index contributed by atoms with van der Waals surface area (Å²) in [6.45, 7) is 0. The lowest BCUT2D eigenvalue weighted by atomic mass is 9.91. The van der Waals surface area contributed by atoms with Crippen molar-refractivity contribution in [3.8, 4) is 0 Å². The number of rotatable bonds is 5. The van der Waals surface area contributed by atoms with Crippen molar-refractivity contribution >= 4 is 5.97 Å². The van der Waals surface area contributed by atoms with Crippen LogP contribution in [0.3, 0.4) is 0 Å². The van der Waals surface area contributed by atoms with Crippen LogP contribution in [-0.2, 0) is 16.0 Å². The van der Waals surface area contributed by atoms with E-state index in [-0.39, 0.29) is 23.9 Å². The summed E-state index contributed by atoms with van der Waals surface area (Å²) in [7, 11) is 0. The van der Waals surface area contributed by atoms with Crippen LogP contribution in [0.25, 0.3) is 0 Å². The summed E-state index contributed by atoms with van der Waals surface area (Å²) in [6, 6.07) is 10.0. The number of fused-ring (bicyclic) bond motifs is 1. The smallest absolute Gasteiger partial charge is 0.306 e. The standard InChI is InChI=1S/C18H22O4/c19-13(7-6-12-4-2-1-3-5-12)8-9-14-15-10-18(21)22-17(15)11-16(14)20/h1-5,8-9,13-17,19-20H,6-7,10-11H2/b9-8+/t13?,14-,15?,16?,17?/m1/s1. The molecule has 2 aliphatic rings. The van der Waals surface area contributed by atoms with E-state index >= 15 is 0 Å². The Balaban J connectivity index is 1.53. The Morgan fingerprint density at radius 1 is 1.32 bits per heavy atom. The van der Waals surface area contributed by atoms with Gasteiger partial charge in [-0.3, -0.25) is 4.79 Å². The highest BCUT2D eigenvalue weighted by Gasteiger charge is 2.48. The van der Waals surface area contributed by atoms with E-state index in [4.69, 9.17) is 4.74 Å². The molecule has 1 heterocycles. The minimum Gasteiger partial charge on any atom is -0.462 e. The lowest BCUT2D eigenvalue weighted by molar-refractivity contribution is -0.141. The average Bonchev–Trinajstić information content (AvgIpc) is 2.99. The van der Waals surface area contributed by atoms with Crippen LogP contribution in [0.2, 0.25) is 0 Å². The van der Waals surface area contributed by atoms with Crippen LogP contribution in [0.15, 0.2) is 42.5 Å². The lowest BCUT2D eigenvalue weighted by Gasteiger charge is -2.15. The highest BCUT2D eigenvalue weighted by atomic mass is 16.6. The number of hydrogen-bond donors (Lipinski definition) is 2. The third kappa shape index (κ3) is 3.39. The van der Waals surface area contributed by atoms with Crippen molar-refractivity contribution in [1.82, 2.24) is 0 Å². The monoisotopic (exact) mass is 302 g/mol. The fourth-order valence-corrected chi connectivity index (χ4v) is 3.50. The van der Waals surface area contributed by atoms with Crippen LogP contribution >= 0.6 is 0 Å². The van der Waals surface area contributed by atoms with Gasteiger partial charge in [-0.25, -0.2) is 0 Å². The third-order valence-corrected chi connectivity index (χ3v) is 4.70. The second-order valence-corrected chi connectivity index (χ2v) is 6.25. The molecule has 1 aromatic rings. The summed E-state index contributed by atoms with van der Waals surface area (Å²) in [6.07, 6.45) is 4.78. The zero-order valence-electron chi connectivity index (χ0n) is 12.5. The van der Waals surface area contributed by atoms with Gasteiger partial charge in [0.25, 0.3) is 0 Å². The fraction of sp³-hybridized carbons (Fsp3) is 0.500. The molecule has 1 saturated carbocycles. The predicted molar refractivity (Wildman–Crippen MR) is 82.0 cm³/mol. The van der Waals surface area contributed by atoms with Crippen LogP contribution in [0.1, 0.15) is 24.8 Å². The maximum Gasteiger partial charge on any atom is 0.306 e. The maximum atomic E-state index is 11.3. The SMILES string of the molecule is O=C1CC2C(CC(O)[C@@H]2/C=C/C(O)CCc2ccccc2)O1. The van der Waals surface area contributed by atoms with E-state index in [0.29, 0.717) is 19.3 Å². The normalized spacial score (nSPS) is 32.2. The van der Waals surface area contributed by atoms with E-state index in [1.807, 2.05) is 36.4 Å². The van der Waals surface area contributed by atoms with Crippen molar-refractivity contribution in [2.24, 2.45) is 11.8 Å². The Bertz CT molecular complexity index is 539. The molecule has 4 unspecified atom stereocenters. The molecule has 4 nitrogen and oxygen atoms in total. The number of benzene rings is 1. The molecular weight excluding hydrogens is 280 g/mol. The molecule has 0 bridgehead atoms. The first kappa shape index (κ1) is 15.3. The highest BCUT2D eigenvalue weighted by Crippen LogP contribution is 2.42. The summed E-state index contributed by atoms with van der Waals surface area (Å²) >= 11 is 0. The average molecular weight is 302 g/mol. The number of aryl methyl sites for hydroxylation is 1. The van der Waals surface area contributed by atoms with Gasteiger partial charge < -0.3 is 14.9 Å². The molecule has 2 fully saturated rings. The number of hydrogen-bond acceptors (Lipinski definition) is 4. The Morgan fingerprint density at radius 3 is 2.86 bits per heavy atom. The van der Waals surface area contributed by atoms with E-state index in [2.05, 4.69) is 0 Å². The van der Waals surface area contributed by atoms with Crippen molar-refractivity contribution in [2.75, 3.05) is 0 Å². The molecule has 4 heteroatoms. The van der Waals surface area contributed by atoms with Gasteiger partial charge in [0.05, 0.1) is 18.6 Å². The first-order valence-corrected chi connectivity index (χ1v) is 7.91. The van der Waals surface area contributed by atoms with Gasteiger partial charge in [-0.05, 0) is 18.4 Å². The van der Waals surface area contributed by atoms with Crippen molar-refractivity contribution in [3.05, 3.63) is 48.0 Å². The number of aliphatic hydroxyl groups is 2. The lowest BCUT2D eigenvalue weighted by Crippen LogP contribution is -2.18. The molecule has 0 aromatic heterocycles. The van der Waals surface area contributed by atoms with E-state index < -0.39 is 12.2 Å². The summed E-state index contributed by atoms with van der Waals surface area (Å²) in [5.41, 5.74) is 1.20. The number of aliphatic hydroxyl groups excluding tert-OH is 2. The first-order valence-electron chi connectivity index (χ1n) is 7.91. The molecule has 5 atom stereocenters. The molecule has 1 saturated heterocycles. The topological polar surface area (TPSA) is 66.8 Å². The largest absolute Gasteiger partial charge is 0.462 e. The van der Waals surface area contributed by atoms with Crippen molar-refractivity contribution < 1.29 is 19.7 Å². The molecule has 3 rings (SSSR count). The van der Waals surface area contributed by atoms with Crippen molar-refractivity contribution in [3.63, 3.8) is 0 Å². The Kier molecular flexibility index (Phi) is 4.60. The fourth-order valence-electron chi connectivity index (χ4n) is 3.50. The molecule has 1 aliphatic carbocycles. The van der Waals surface area contributed by atoms with E-state index in [0.717, 1.165) is 6.42 Å². The third-order valence-electron chi connectivity index (χ3n) is 4.70. The summed E-state index contributed by atoms with van der Waals surface area (Å²) < 4.78 is 5.20. The molecular formula is C18H22O4. The zero-order valence-corrected chi connectivity index (χ0v) is 12.5. The quantitative estimate of drug-likeness (QED) is 0.643. The molecule has 1 aliphatic heterocycles. The van der Waals surface area contributed by atoms with Crippen LogP contribution in [-0.4, -0.2) is 34.5 Å². The number of carbonyl (C=O) groups excluding carboxylic acids is 1. The van der Waals surface area contributed by atoms with Crippen LogP contribution < -0.4 is 0 Å². The second kappa shape index (κ2) is 6.63. The number of carbonyl (C=O) groups is 1. The van der Waals surface area contributed by atoms with Gasteiger partial charge in [0.2, 0.25) is 0 Å². The van der Waals surface area contributed by atoms with Crippen LogP contribution in [0, 0.1) is 11.8 Å². The van der Waals surface area contributed by atoms with Crippen LogP contribution in [0.4, 0.5) is 0 Å². The van der Waals surface area contributed by atoms with Crippen LogP contribution in [0.5, 0.6) is 0 Å². The molecule has 0 amide bonds.